The van der Waals surface area contributed by atoms with E-state index in [0.717, 1.165) is 6.07 Å². The molecule has 1 atom stereocenters. The Morgan fingerprint density at radius 3 is 2.37 bits per heavy atom. The van der Waals surface area contributed by atoms with E-state index in [0.29, 0.717) is 6.07 Å². The summed E-state index contributed by atoms with van der Waals surface area (Å²) in [7, 11) is 0. The number of aromatic carboxylic acids is 1. The van der Waals surface area contributed by atoms with Crippen LogP contribution in [0, 0.1) is 12.7 Å². The molecule has 0 saturated heterocycles. The van der Waals surface area contributed by atoms with Gasteiger partial charge in [-0.25, -0.2) is 9.18 Å². The maximum atomic E-state index is 13.4. The Bertz CT molecular complexity index is 464. The third-order valence-electron chi connectivity index (χ3n) is 2.42. The van der Waals surface area contributed by atoms with E-state index >= 15 is 0 Å². The van der Waals surface area contributed by atoms with Crippen LogP contribution < -0.4 is 5.32 Å². The van der Waals surface area contributed by atoms with Crippen LogP contribution in [-0.4, -0.2) is 35.0 Å². The summed E-state index contributed by atoms with van der Waals surface area (Å²) < 4.78 is 50.7. The number of anilines is 1. The van der Waals surface area contributed by atoms with Crippen LogP contribution >= 0.6 is 0 Å². The lowest BCUT2D eigenvalue weighted by Gasteiger charge is -2.21. The van der Waals surface area contributed by atoms with Gasteiger partial charge in [-0.15, -0.1) is 0 Å². The molecule has 0 unspecified atom stereocenters. The van der Waals surface area contributed by atoms with Crippen LogP contribution in [0.15, 0.2) is 12.1 Å². The molecule has 1 aromatic rings. The number of aliphatic hydroxyl groups excluding tert-OH is 1. The topological polar surface area (TPSA) is 69.6 Å². The lowest BCUT2D eigenvalue weighted by atomic mass is 10.1. The zero-order valence-electron chi connectivity index (χ0n) is 9.75. The molecule has 3 N–H and O–H groups in total. The molecule has 19 heavy (non-hydrogen) atoms. The molecule has 0 saturated carbocycles. The summed E-state index contributed by atoms with van der Waals surface area (Å²) in [5.41, 5.74) is -0.872. The number of nitrogens with one attached hydrogen (secondary N) is 1. The molecule has 0 aliphatic rings. The zero-order chi connectivity index (χ0) is 14.8. The number of alkyl halides is 3. The fraction of sp³-hybridized carbons (Fsp3) is 0.364. The summed E-state index contributed by atoms with van der Waals surface area (Å²) in [6.45, 7) is 0.0457. The number of aliphatic hydroxyl groups is 1. The number of halogens is 4. The van der Waals surface area contributed by atoms with Gasteiger partial charge in [0.05, 0.1) is 12.2 Å². The summed E-state index contributed by atoms with van der Waals surface area (Å²) in [4.78, 5) is 10.7. The van der Waals surface area contributed by atoms with E-state index in [9.17, 15) is 22.4 Å². The van der Waals surface area contributed by atoms with E-state index in [1.165, 1.54) is 6.92 Å². The smallest absolute Gasteiger partial charge is 0.410 e. The van der Waals surface area contributed by atoms with Crippen molar-refractivity contribution < 1.29 is 32.6 Å². The summed E-state index contributed by atoms with van der Waals surface area (Å²) >= 11 is 0. The van der Waals surface area contributed by atoms with Crippen LogP contribution in [-0.2, 0) is 0 Å². The molecule has 0 radical (unpaired) electrons. The molecule has 0 spiro atoms. The summed E-state index contributed by atoms with van der Waals surface area (Å²) in [6.07, 6.45) is -4.70. The highest BCUT2D eigenvalue weighted by molar-refractivity contribution is 5.90. The molecule has 4 nitrogen and oxygen atoms in total. The predicted molar refractivity (Wildman–Crippen MR) is 58.6 cm³/mol. The highest BCUT2D eigenvalue weighted by Crippen LogP contribution is 2.25. The van der Waals surface area contributed by atoms with Crippen LogP contribution in [0.3, 0.4) is 0 Å². The zero-order valence-corrected chi connectivity index (χ0v) is 9.75. The number of hydrogen-bond acceptors (Lipinski definition) is 3. The molecule has 1 aromatic carbocycles. The van der Waals surface area contributed by atoms with Crippen molar-refractivity contribution in [3.8, 4) is 0 Å². The van der Waals surface area contributed by atoms with Crippen LogP contribution in [0.5, 0.6) is 0 Å². The van der Waals surface area contributed by atoms with Gasteiger partial charge in [0.2, 0.25) is 0 Å². The first-order valence-corrected chi connectivity index (χ1v) is 5.14. The first-order chi connectivity index (χ1) is 8.66. The van der Waals surface area contributed by atoms with Crippen molar-refractivity contribution in [3.05, 3.63) is 29.1 Å². The SMILES string of the molecule is Cc1cc(N[C@H](CO)C(F)(F)F)cc(F)c1C(=O)O. The van der Waals surface area contributed by atoms with Crippen LogP contribution in [0.25, 0.3) is 0 Å². The van der Waals surface area contributed by atoms with Gasteiger partial charge in [0, 0.05) is 5.69 Å². The van der Waals surface area contributed by atoms with E-state index in [1.54, 1.807) is 0 Å². The molecule has 1 rings (SSSR count). The third kappa shape index (κ3) is 3.57. The number of rotatable bonds is 4. The van der Waals surface area contributed by atoms with E-state index < -0.39 is 36.2 Å². The monoisotopic (exact) mass is 281 g/mol. The minimum atomic E-state index is -4.70. The lowest BCUT2D eigenvalue weighted by Crippen LogP contribution is -2.39. The predicted octanol–water partition coefficient (Wildman–Crippen LogP) is 2.17. The Balaban J connectivity index is 3.08. The fourth-order valence-corrected chi connectivity index (χ4v) is 1.53. The fourth-order valence-electron chi connectivity index (χ4n) is 1.53. The van der Waals surface area contributed by atoms with Gasteiger partial charge in [-0.1, -0.05) is 0 Å². The Morgan fingerprint density at radius 1 is 1.42 bits per heavy atom. The molecular weight excluding hydrogens is 270 g/mol. The molecule has 106 valence electrons. The molecule has 0 fully saturated rings. The second kappa shape index (κ2) is 5.43. The second-order valence-corrected chi connectivity index (χ2v) is 3.88. The van der Waals surface area contributed by atoms with Gasteiger partial charge in [-0.2, -0.15) is 13.2 Å². The summed E-state index contributed by atoms with van der Waals surface area (Å²) in [6, 6.07) is -0.534. The van der Waals surface area contributed by atoms with Crippen LogP contribution in [0.1, 0.15) is 15.9 Å². The Morgan fingerprint density at radius 2 is 2.00 bits per heavy atom. The van der Waals surface area contributed by atoms with Crippen molar-refractivity contribution in [2.45, 2.75) is 19.1 Å². The molecular formula is C11H11F4NO3. The highest BCUT2D eigenvalue weighted by Gasteiger charge is 2.39. The van der Waals surface area contributed by atoms with Crippen molar-refractivity contribution in [1.82, 2.24) is 0 Å². The van der Waals surface area contributed by atoms with Crippen molar-refractivity contribution in [2.24, 2.45) is 0 Å². The number of aryl methyl sites for hydroxylation is 1. The van der Waals surface area contributed by atoms with E-state index in [2.05, 4.69) is 0 Å². The highest BCUT2D eigenvalue weighted by atomic mass is 19.4. The molecule has 0 aliphatic heterocycles. The van der Waals surface area contributed by atoms with E-state index in [1.807, 2.05) is 5.32 Å². The van der Waals surface area contributed by atoms with Crippen LogP contribution in [0.4, 0.5) is 23.2 Å². The normalized spacial score (nSPS) is 13.2. The molecule has 0 aromatic heterocycles. The van der Waals surface area contributed by atoms with Crippen molar-refractivity contribution in [1.29, 1.82) is 0 Å². The van der Waals surface area contributed by atoms with Gasteiger partial charge in [0.1, 0.15) is 11.9 Å². The minimum absolute atomic E-state index is 0.0196. The number of benzene rings is 1. The number of carboxylic acids is 1. The lowest BCUT2D eigenvalue weighted by molar-refractivity contribution is -0.149. The average Bonchev–Trinajstić information content (AvgIpc) is 2.22. The third-order valence-corrected chi connectivity index (χ3v) is 2.42. The van der Waals surface area contributed by atoms with E-state index in [4.69, 9.17) is 10.2 Å². The molecule has 8 heteroatoms. The number of carboxylic acid groups (broad SMARTS) is 1. The maximum Gasteiger partial charge on any atom is 0.410 e. The molecule has 0 aliphatic carbocycles. The second-order valence-electron chi connectivity index (χ2n) is 3.88. The van der Waals surface area contributed by atoms with Crippen LogP contribution in [0.2, 0.25) is 0 Å². The van der Waals surface area contributed by atoms with Crippen molar-refractivity contribution in [3.63, 3.8) is 0 Å². The minimum Gasteiger partial charge on any atom is -0.478 e. The summed E-state index contributed by atoms with van der Waals surface area (Å²) in [5, 5.41) is 19.3. The van der Waals surface area contributed by atoms with Gasteiger partial charge in [-0.05, 0) is 24.6 Å². The Kier molecular flexibility index (Phi) is 4.35. The van der Waals surface area contributed by atoms with Crippen molar-refractivity contribution >= 4 is 11.7 Å². The summed E-state index contributed by atoms with van der Waals surface area (Å²) in [5.74, 6) is -2.65. The van der Waals surface area contributed by atoms with Gasteiger partial charge in [0.25, 0.3) is 0 Å². The van der Waals surface area contributed by atoms with Gasteiger partial charge in [-0.3, -0.25) is 0 Å². The molecule has 0 bridgehead atoms. The van der Waals surface area contributed by atoms with Gasteiger partial charge < -0.3 is 15.5 Å². The first kappa shape index (κ1) is 15.2. The van der Waals surface area contributed by atoms with Gasteiger partial charge in [0.15, 0.2) is 0 Å². The van der Waals surface area contributed by atoms with Gasteiger partial charge >= 0.3 is 12.1 Å². The molecule has 0 amide bonds. The standard InChI is InChI=1S/C11H11F4NO3/c1-5-2-6(3-7(12)9(5)10(18)19)16-8(4-17)11(13,14)15/h2-3,8,16-17H,4H2,1H3,(H,18,19)/t8-/m1/s1. The largest absolute Gasteiger partial charge is 0.478 e. The van der Waals surface area contributed by atoms with Crippen molar-refractivity contribution in [2.75, 3.05) is 11.9 Å². The maximum absolute atomic E-state index is 13.4. The Hall–Kier alpha value is -1.83. The Labute approximate surface area is 105 Å². The number of hydrogen-bond donors (Lipinski definition) is 3. The first-order valence-electron chi connectivity index (χ1n) is 5.14. The number of carbonyl (C=O) groups is 1. The quantitative estimate of drug-likeness (QED) is 0.740. The molecule has 0 heterocycles. The average molecular weight is 281 g/mol. The van der Waals surface area contributed by atoms with E-state index in [-0.39, 0.29) is 11.3 Å².